The molecule has 0 radical (unpaired) electrons. The lowest BCUT2D eigenvalue weighted by Gasteiger charge is -2.14. The van der Waals surface area contributed by atoms with Gasteiger partial charge in [0, 0.05) is 4.47 Å². The second kappa shape index (κ2) is 7.25. The van der Waals surface area contributed by atoms with Crippen LogP contribution in [-0.2, 0) is 9.59 Å². The highest BCUT2D eigenvalue weighted by atomic mass is 79.9. The van der Waals surface area contributed by atoms with Crippen LogP contribution in [0.15, 0.2) is 22.7 Å². The predicted molar refractivity (Wildman–Crippen MR) is 76.2 cm³/mol. The van der Waals surface area contributed by atoms with E-state index in [1.54, 1.807) is 0 Å². The molecule has 0 saturated carbocycles. The molecule has 21 heavy (non-hydrogen) atoms. The SMILES string of the molecule is N#Cc1ccc(NC(=O)N[C@H](CC(N)=O)C(=O)O)c(Br)c1. The third-order valence-corrected chi connectivity index (χ3v) is 3.01. The molecular weight excluding hydrogens is 344 g/mol. The first kappa shape index (κ1) is 16.5. The van der Waals surface area contributed by atoms with Gasteiger partial charge >= 0.3 is 12.0 Å². The first-order valence-electron chi connectivity index (χ1n) is 5.61. The number of nitrogens with zero attached hydrogens (tertiary/aromatic N) is 1. The van der Waals surface area contributed by atoms with Gasteiger partial charge in [-0.15, -0.1) is 0 Å². The molecule has 0 saturated heterocycles. The van der Waals surface area contributed by atoms with Crippen LogP contribution in [-0.4, -0.2) is 29.1 Å². The van der Waals surface area contributed by atoms with Gasteiger partial charge < -0.3 is 21.5 Å². The summed E-state index contributed by atoms with van der Waals surface area (Å²) in [6, 6.07) is 4.16. The van der Waals surface area contributed by atoms with Crippen LogP contribution in [0.3, 0.4) is 0 Å². The number of hydrogen-bond donors (Lipinski definition) is 4. The van der Waals surface area contributed by atoms with Crippen molar-refractivity contribution in [3.05, 3.63) is 28.2 Å². The van der Waals surface area contributed by atoms with Crippen molar-refractivity contribution >= 4 is 39.5 Å². The summed E-state index contributed by atoms with van der Waals surface area (Å²) in [5, 5.41) is 22.1. The zero-order valence-electron chi connectivity index (χ0n) is 10.6. The molecular formula is C12H11BrN4O4. The van der Waals surface area contributed by atoms with Crippen LogP contribution >= 0.6 is 15.9 Å². The zero-order valence-corrected chi connectivity index (χ0v) is 12.2. The molecule has 0 fully saturated rings. The third kappa shape index (κ3) is 5.12. The number of aliphatic carboxylic acids is 1. The highest BCUT2D eigenvalue weighted by Gasteiger charge is 2.22. The maximum atomic E-state index is 11.7. The number of anilines is 1. The Morgan fingerprint density at radius 1 is 1.43 bits per heavy atom. The fourth-order valence-electron chi connectivity index (χ4n) is 1.40. The highest BCUT2D eigenvalue weighted by Crippen LogP contribution is 2.23. The van der Waals surface area contributed by atoms with Crippen LogP contribution in [0.5, 0.6) is 0 Å². The maximum Gasteiger partial charge on any atom is 0.326 e. The number of nitriles is 1. The van der Waals surface area contributed by atoms with Gasteiger partial charge in [-0.1, -0.05) is 0 Å². The van der Waals surface area contributed by atoms with E-state index in [0.29, 0.717) is 15.7 Å². The van der Waals surface area contributed by atoms with Crippen molar-refractivity contribution < 1.29 is 19.5 Å². The number of nitrogens with two attached hydrogens (primary N) is 1. The van der Waals surface area contributed by atoms with E-state index in [4.69, 9.17) is 16.1 Å². The summed E-state index contributed by atoms with van der Waals surface area (Å²) in [7, 11) is 0. The van der Waals surface area contributed by atoms with Crippen LogP contribution in [0.25, 0.3) is 0 Å². The van der Waals surface area contributed by atoms with E-state index >= 15 is 0 Å². The van der Waals surface area contributed by atoms with Crippen molar-refractivity contribution in [2.24, 2.45) is 5.73 Å². The third-order valence-electron chi connectivity index (χ3n) is 2.36. The Kier molecular flexibility index (Phi) is 5.68. The van der Waals surface area contributed by atoms with E-state index in [1.807, 2.05) is 6.07 Å². The first-order valence-corrected chi connectivity index (χ1v) is 6.41. The Morgan fingerprint density at radius 2 is 2.10 bits per heavy atom. The molecule has 9 heteroatoms. The lowest BCUT2D eigenvalue weighted by molar-refractivity contribution is -0.140. The molecule has 0 unspecified atom stereocenters. The molecule has 0 spiro atoms. The second-order valence-corrected chi connectivity index (χ2v) is 4.82. The van der Waals surface area contributed by atoms with E-state index < -0.39 is 30.4 Å². The monoisotopic (exact) mass is 354 g/mol. The number of urea groups is 1. The van der Waals surface area contributed by atoms with E-state index in [1.165, 1.54) is 18.2 Å². The fourth-order valence-corrected chi connectivity index (χ4v) is 1.88. The molecule has 0 bridgehead atoms. The quantitative estimate of drug-likeness (QED) is 0.616. The molecule has 1 aromatic rings. The summed E-state index contributed by atoms with van der Waals surface area (Å²) in [6.45, 7) is 0. The number of carboxylic acids is 1. The average molecular weight is 355 g/mol. The molecule has 0 aliphatic heterocycles. The van der Waals surface area contributed by atoms with Gasteiger partial charge in [-0.25, -0.2) is 9.59 Å². The Morgan fingerprint density at radius 3 is 2.57 bits per heavy atom. The van der Waals surface area contributed by atoms with Gasteiger partial charge in [-0.3, -0.25) is 4.79 Å². The molecule has 1 atom stereocenters. The Bertz CT molecular complexity index is 626. The number of carboxylic acid groups (broad SMARTS) is 1. The Hall–Kier alpha value is -2.60. The normalized spacial score (nSPS) is 11.0. The molecule has 1 rings (SSSR count). The number of carbonyl (C=O) groups excluding carboxylic acids is 2. The number of carbonyl (C=O) groups is 3. The van der Waals surface area contributed by atoms with Crippen LogP contribution < -0.4 is 16.4 Å². The number of benzene rings is 1. The van der Waals surface area contributed by atoms with Crippen LogP contribution in [0.2, 0.25) is 0 Å². The van der Waals surface area contributed by atoms with Crippen LogP contribution in [0.1, 0.15) is 12.0 Å². The molecule has 5 N–H and O–H groups in total. The molecule has 110 valence electrons. The lowest BCUT2D eigenvalue weighted by atomic mass is 10.2. The molecule has 3 amide bonds. The minimum absolute atomic E-state index is 0.342. The van der Waals surface area contributed by atoms with Gasteiger partial charge in [0.25, 0.3) is 0 Å². The number of primary amides is 1. The minimum atomic E-state index is -1.42. The van der Waals surface area contributed by atoms with Crippen molar-refractivity contribution in [2.75, 3.05) is 5.32 Å². The first-order chi connectivity index (χ1) is 9.83. The molecule has 0 aromatic heterocycles. The van der Waals surface area contributed by atoms with Crippen LogP contribution in [0, 0.1) is 11.3 Å². The molecule has 0 heterocycles. The van der Waals surface area contributed by atoms with Crippen molar-refractivity contribution in [1.29, 1.82) is 5.26 Å². The summed E-state index contributed by atoms with van der Waals surface area (Å²) in [5.41, 5.74) is 5.64. The Labute approximate surface area is 128 Å². The maximum absolute atomic E-state index is 11.7. The lowest BCUT2D eigenvalue weighted by Crippen LogP contribution is -2.45. The van der Waals surface area contributed by atoms with Crippen LogP contribution in [0.4, 0.5) is 10.5 Å². The van der Waals surface area contributed by atoms with E-state index in [0.717, 1.165) is 0 Å². The summed E-state index contributed by atoms with van der Waals surface area (Å²) in [5.74, 6) is -2.22. The van der Waals surface area contributed by atoms with E-state index in [2.05, 4.69) is 26.6 Å². The second-order valence-electron chi connectivity index (χ2n) is 3.97. The van der Waals surface area contributed by atoms with Crippen molar-refractivity contribution in [1.82, 2.24) is 5.32 Å². The number of hydrogen-bond acceptors (Lipinski definition) is 4. The molecule has 8 nitrogen and oxygen atoms in total. The molecule has 0 aliphatic carbocycles. The molecule has 0 aliphatic rings. The number of nitrogens with one attached hydrogen (secondary N) is 2. The van der Waals surface area contributed by atoms with Crippen molar-refractivity contribution in [3.8, 4) is 6.07 Å². The van der Waals surface area contributed by atoms with Gasteiger partial charge in [0.2, 0.25) is 5.91 Å². The number of halogens is 1. The number of rotatable bonds is 5. The van der Waals surface area contributed by atoms with Gasteiger partial charge in [0.1, 0.15) is 6.04 Å². The van der Waals surface area contributed by atoms with Gasteiger partial charge in [-0.05, 0) is 34.1 Å². The molecule has 1 aromatic carbocycles. The summed E-state index contributed by atoms with van der Waals surface area (Å²) >= 11 is 3.17. The average Bonchev–Trinajstić information content (AvgIpc) is 2.39. The van der Waals surface area contributed by atoms with Crippen molar-refractivity contribution in [2.45, 2.75) is 12.5 Å². The standard InChI is InChI=1S/C12H11BrN4O4/c13-7-3-6(5-14)1-2-8(7)16-12(21)17-9(11(19)20)4-10(15)18/h1-3,9H,4H2,(H2,15,18)(H,19,20)(H2,16,17,21)/t9-/m1/s1. The van der Waals surface area contributed by atoms with Gasteiger partial charge in [0.05, 0.1) is 23.7 Å². The van der Waals surface area contributed by atoms with Gasteiger partial charge in [-0.2, -0.15) is 5.26 Å². The van der Waals surface area contributed by atoms with E-state index in [-0.39, 0.29) is 0 Å². The zero-order chi connectivity index (χ0) is 16.0. The summed E-state index contributed by atoms with van der Waals surface area (Å²) in [4.78, 5) is 33.3. The minimum Gasteiger partial charge on any atom is -0.480 e. The largest absolute Gasteiger partial charge is 0.480 e. The number of amides is 3. The Balaban J connectivity index is 2.75. The van der Waals surface area contributed by atoms with Crippen molar-refractivity contribution in [3.63, 3.8) is 0 Å². The highest BCUT2D eigenvalue weighted by molar-refractivity contribution is 9.10. The topological polar surface area (TPSA) is 145 Å². The fraction of sp³-hybridized carbons (Fsp3) is 0.167. The van der Waals surface area contributed by atoms with E-state index in [9.17, 15) is 14.4 Å². The summed E-state index contributed by atoms with van der Waals surface area (Å²) in [6.07, 6.45) is -0.517. The van der Waals surface area contributed by atoms with Gasteiger partial charge in [0.15, 0.2) is 0 Å². The smallest absolute Gasteiger partial charge is 0.326 e. The summed E-state index contributed by atoms with van der Waals surface area (Å²) < 4.78 is 0.457. The predicted octanol–water partition coefficient (Wildman–Crippen LogP) is 0.771.